The summed E-state index contributed by atoms with van der Waals surface area (Å²) in [6.07, 6.45) is 3.71. The zero-order valence-electron chi connectivity index (χ0n) is 10.1. The lowest BCUT2D eigenvalue weighted by Gasteiger charge is -2.13. The molecule has 0 bridgehead atoms. The minimum Gasteiger partial charge on any atom is -0.365 e. The Morgan fingerprint density at radius 2 is 2.26 bits per heavy atom. The van der Waals surface area contributed by atoms with Crippen LogP contribution in [0, 0.1) is 0 Å². The molecule has 98 valence electrons. The third-order valence-electron chi connectivity index (χ3n) is 3.16. The molecule has 3 heterocycles. The monoisotopic (exact) mass is 293 g/mol. The van der Waals surface area contributed by atoms with E-state index in [0.717, 1.165) is 24.5 Å². The fraction of sp³-hybridized carbons (Fsp3) is 0.231. The van der Waals surface area contributed by atoms with E-state index in [1.165, 1.54) is 22.5 Å². The van der Waals surface area contributed by atoms with Gasteiger partial charge < -0.3 is 5.73 Å². The first-order valence-corrected chi connectivity index (χ1v) is 7.05. The molecule has 0 saturated carbocycles. The van der Waals surface area contributed by atoms with E-state index < -0.39 is 5.91 Å². The summed E-state index contributed by atoms with van der Waals surface area (Å²) in [6, 6.07) is 3.69. The van der Waals surface area contributed by atoms with Crippen molar-refractivity contribution in [3.63, 3.8) is 0 Å². The zero-order valence-corrected chi connectivity index (χ0v) is 11.7. The van der Waals surface area contributed by atoms with Crippen LogP contribution in [0.2, 0.25) is 5.02 Å². The summed E-state index contributed by atoms with van der Waals surface area (Å²) >= 11 is 7.51. The van der Waals surface area contributed by atoms with Gasteiger partial charge in [0.2, 0.25) is 0 Å². The van der Waals surface area contributed by atoms with E-state index in [4.69, 9.17) is 17.3 Å². The number of hydrogen-bond acceptors (Lipinski definition) is 4. The Hall–Kier alpha value is -1.43. The molecule has 2 N–H and O–H groups in total. The number of amides is 1. The Kier molecular flexibility index (Phi) is 3.26. The standard InChI is InChI=1S/C13H12ClN3OS/c14-10-3-11(13(15)18)19-12(10)7-17-5-8-1-2-16-4-9(8)6-17/h1-4H,5-7H2,(H2,15,18). The van der Waals surface area contributed by atoms with Gasteiger partial charge in [0.1, 0.15) is 0 Å². The number of nitrogens with zero attached hydrogens (tertiary/aromatic N) is 2. The summed E-state index contributed by atoms with van der Waals surface area (Å²) in [6.45, 7) is 2.48. The molecule has 4 nitrogen and oxygen atoms in total. The van der Waals surface area contributed by atoms with Crippen LogP contribution in [0.25, 0.3) is 0 Å². The van der Waals surface area contributed by atoms with Gasteiger partial charge in [-0.1, -0.05) is 11.6 Å². The van der Waals surface area contributed by atoms with E-state index in [9.17, 15) is 4.79 Å². The van der Waals surface area contributed by atoms with Crippen molar-refractivity contribution in [1.82, 2.24) is 9.88 Å². The lowest BCUT2D eigenvalue weighted by Crippen LogP contribution is -2.15. The maximum Gasteiger partial charge on any atom is 0.258 e. The Bertz CT molecular complexity index is 616. The van der Waals surface area contributed by atoms with E-state index in [2.05, 4.69) is 9.88 Å². The summed E-state index contributed by atoms with van der Waals surface area (Å²) in [7, 11) is 0. The number of pyridine rings is 1. The van der Waals surface area contributed by atoms with Crippen molar-refractivity contribution in [2.75, 3.05) is 0 Å². The Morgan fingerprint density at radius 1 is 1.47 bits per heavy atom. The third kappa shape index (κ3) is 2.49. The van der Waals surface area contributed by atoms with Gasteiger partial charge in [0.15, 0.2) is 0 Å². The average molecular weight is 294 g/mol. The number of nitrogens with two attached hydrogens (primary N) is 1. The maximum atomic E-state index is 11.1. The van der Waals surface area contributed by atoms with Gasteiger partial charge in [-0.3, -0.25) is 14.7 Å². The summed E-state index contributed by atoms with van der Waals surface area (Å²) in [5, 5.41) is 0.618. The molecule has 19 heavy (non-hydrogen) atoms. The summed E-state index contributed by atoms with van der Waals surface area (Å²) in [4.78, 5) is 19.0. The number of carbonyl (C=O) groups excluding carboxylic acids is 1. The molecule has 0 radical (unpaired) electrons. The van der Waals surface area contributed by atoms with E-state index in [1.807, 2.05) is 18.5 Å². The normalized spacial score (nSPS) is 14.6. The van der Waals surface area contributed by atoms with Crippen molar-refractivity contribution in [1.29, 1.82) is 0 Å². The van der Waals surface area contributed by atoms with Crippen LogP contribution in [0.5, 0.6) is 0 Å². The average Bonchev–Trinajstić information content (AvgIpc) is 2.93. The van der Waals surface area contributed by atoms with Gasteiger partial charge in [0.05, 0.1) is 9.90 Å². The number of hydrogen-bond donors (Lipinski definition) is 1. The second-order valence-electron chi connectivity index (χ2n) is 4.54. The largest absolute Gasteiger partial charge is 0.365 e. The number of thiophene rings is 1. The second kappa shape index (κ2) is 4.92. The Balaban J connectivity index is 1.76. The van der Waals surface area contributed by atoms with Crippen LogP contribution in [0.3, 0.4) is 0 Å². The molecule has 0 unspecified atom stereocenters. The SMILES string of the molecule is NC(=O)c1cc(Cl)c(CN2Cc3ccncc3C2)s1. The van der Waals surface area contributed by atoms with Gasteiger partial charge in [0, 0.05) is 36.9 Å². The minimum atomic E-state index is -0.424. The predicted molar refractivity (Wildman–Crippen MR) is 75.0 cm³/mol. The number of aromatic nitrogens is 1. The molecular weight excluding hydrogens is 282 g/mol. The highest BCUT2D eigenvalue weighted by Crippen LogP contribution is 2.31. The molecule has 0 spiro atoms. The fourth-order valence-corrected chi connectivity index (χ4v) is 3.54. The fourth-order valence-electron chi connectivity index (χ4n) is 2.24. The summed E-state index contributed by atoms with van der Waals surface area (Å²) in [5.41, 5.74) is 7.82. The Morgan fingerprint density at radius 3 is 2.95 bits per heavy atom. The molecule has 0 saturated heterocycles. The summed E-state index contributed by atoms with van der Waals surface area (Å²) < 4.78 is 0. The van der Waals surface area contributed by atoms with Crippen molar-refractivity contribution in [2.24, 2.45) is 5.73 Å². The summed E-state index contributed by atoms with van der Waals surface area (Å²) in [5.74, 6) is -0.424. The molecule has 3 rings (SSSR count). The zero-order chi connectivity index (χ0) is 13.4. The topological polar surface area (TPSA) is 59.2 Å². The van der Waals surface area contributed by atoms with Crippen molar-refractivity contribution in [3.05, 3.63) is 50.4 Å². The molecule has 1 amide bonds. The van der Waals surface area contributed by atoms with Gasteiger partial charge in [-0.2, -0.15) is 0 Å². The first kappa shape index (κ1) is 12.6. The van der Waals surface area contributed by atoms with E-state index in [1.54, 1.807) is 6.07 Å². The first-order chi connectivity index (χ1) is 9.13. The van der Waals surface area contributed by atoms with Gasteiger partial charge in [-0.05, 0) is 23.3 Å². The molecule has 2 aromatic rings. The van der Waals surface area contributed by atoms with E-state index in [0.29, 0.717) is 9.90 Å². The van der Waals surface area contributed by atoms with Crippen LogP contribution in [-0.2, 0) is 19.6 Å². The van der Waals surface area contributed by atoms with Crippen LogP contribution in [-0.4, -0.2) is 15.8 Å². The molecule has 0 atom stereocenters. The predicted octanol–water partition coefficient (Wildman–Crippen LogP) is 2.41. The highest BCUT2D eigenvalue weighted by molar-refractivity contribution is 7.14. The molecule has 0 aliphatic carbocycles. The van der Waals surface area contributed by atoms with E-state index in [-0.39, 0.29) is 0 Å². The quantitative estimate of drug-likeness (QED) is 0.945. The number of fused-ring (bicyclic) bond motifs is 1. The lowest BCUT2D eigenvalue weighted by molar-refractivity contribution is 0.100. The molecule has 0 fully saturated rings. The van der Waals surface area contributed by atoms with Crippen molar-refractivity contribution >= 4 is 28.8 Å². The molecule has 0 aromatic carbocycles. The molecule has 1 aliphatic heterocycles. The first-order valence-electron chi connectivity index (χ1n) is 5.85. The van der Waals surface area contributed by atoms with Crippen LogP contribution < -0.4 is 5.73 Å². The van der Waals surface area contributed by atoms with Gasteiger partial charge >= 0.3 is 0 Å². The van der Waals surface area contributed by atoms with Crippen molar-refractivity contribution in [3.8, 4) is 0 Å². The maximum absolute atomic E-state index is 11.1. The molecular formula is C13H12ClN3OS. The number of halogens is 1. The molecule has 2 aromatic heterocycles. The smallest absolute Gasteiger partial charge is 0.258 e. The van der Waals surface area contributed by atoms with Gasteiger partial charge in [0.25, 0.3) is 5.91 Å². The van der Waals surface area contributed by atoms with Gasteiger partial charge in [-0.15, -0.1) is 11.3 Å². The highest BCUT2D eigenvalue weighted by Gasteiger charge is 2.21. The number of carbonyl (C=O) groups is 1. The van der Waals surface area contributed by atoms with Crippen molar-refractivity contribution in [2.45, 2.75) is 19.6 Å². The van der Waals surface area contributed by atoms with E-state index >= 15 is 0 Å². The van der Waals surface area contributed by atoms with Crippen LogP contribution in [0.15, 0.2) is 24.5 Å². The molecule has 6 heteroatoms. The van der Waals surface area contributed by atoms with Gasteiger partial charge in [-0.25, -0.2) is 0 Å². The van der Waals surface area contributed by atoms with Crippen LogP contribution in [0.1, 0.15) is 25.7 Å². The minimum absolute atomic E-state index is 0.424. The van der Waals surface area contributed by atoms with Crippen LogP contribution in [0.4, 0.5) is 0 Å². The highest BCUT2D eigenvalue weighted by atomic mass is 35.5. The number of primary amides is 1. The Labute approximate surface area is 119 Å². The van der Waals surface area contributed by atoms with Crippen LogP contribution >= 0.6 is 22.9 Å². The number of rotatable bonds is 3. The lowest BCUT2D eigenvalue weighted by atomic mass is 10.2. The van der Waals surface area contributed by atoms with Crippen molar-refractivity contribution < 1.29 is 4.79 Å². The second-order valence-corrected chi connectivity index (χ2v) is 6.08. The third-order valence-corrected chi connectivity index (χ3v) is 4.74. The molecule has 1 aliphatic rings.